The van der Waals surface area contributed by atoms with E-state index in [0.29, 0.717) is 29.7 Å². The lowest BCUT2D eigenvalue weighted by molar-refractivity contribution is -0.137. The maximum atomic E-state index is 12.6. The number of ether oxygens (including phenoxy) is 1. The first-order valence-electron chi connectivity index (χ1n) is 12.2. The maximum Gasteiger partial charge on any atom is 0.339 e. The molecule has 1 aromatic heterocycles. The lowest BCUT2D eigenvalue weighted by atomic mass is 9.90. The number of carbonyl (C=O) groups is 3. The van der Waals surface area contributed by atoms with Gasteiger partial charge >= 0.3 is 11.6 Å². The van der Waals surface area contributed by atoms with Gasteiger partial charge < -0.3 is 24.9 Å². The number of hydrogen-bond donors (Lipinski definition) is 3. The van der Waals surface area contributed by atoms with E-state index in [1.807, 2.05) is 19.9 Å². The molecule has 2 aromatic rings. The van der Waals surface area contributed by atoms with Crippen LogP contribution in [0.25, 0.3) is 11.0 Å². The minimum Gasteiger partial charge on any atom is -0.483 e. The molecule has 1 aliphatic rings. The third kappa shape index (κ3) is 6.83. The fourth-order valence-corrected chi connectivity index (χ4v) is 4.44. The average molecular weight is 487 g/mol. The van der Waals surface area contributed by atoms with Crippen LogP contribution in [0.4, 0.5) is 0 Å². The number of aryl methyl sites for hydroxylation is 2. The van der Waals surface area contributed by atoms with Crippen LogP contribution in [0.5, 0.6) is 5.75 Å². The Morgan fingerprint density at radius 1 is 1.14 bits per heavy atom. The molecule has 9 nitrogen and oxygen atoms in total. The molecule has 0 unspecified atom stereocenters. The fourth-order valence-electron chi connectivity index (χ4n) is 4.44. The molecule has 1 aliphatic carbocycles. The lowest BCUT2D eigenvalue weighted by Crippen LogP contribution is -2.48. The molecule has 0 radical (unpaired) electrons. The second-order valence-corrected chi connectivity index (χ2v) is 9.45. The predicted molar refractivity (Wildman–Crippen MR) is 131 cm³/mol. The summed E-state index contributed by atoms with van der Waals surface area (Å²) >= 11 is 0. The van der Waals surface area contributed by atoms with Crippen molar-refractivity contribution in [2.24, 2.45) is 5.92 Å². The van der Waals surface area contributed by atoms with E-state index in [1.54, 1.807) is 13.0 Å². The van der Waals surface area contributed by atoms with Crippen LogP contribution in [-0.2, 0) is 27.2 Å². The summed E-state index contributed by atoms with van der Waals surface area (Å²) in [6, 6.07) is 2.90. The van der Waals surface area contributed by atoms with E-state index in [1.165, 1.54) is 0 Å². The van der Waals surface area contributed by atoms with Crippen molar-refractivity contribution in [2.45, 2.75) is 71.8 Å². The first kappa shape index (κ1) is 26.2. The molecule has 3 rings (SSSR count). The van der Waals surface area contributed by atoms with Gasteiger partial charge in [0.2, 0.25) is 5.91 Å². The molecule has 0 saturated carbocycles. The third-order valence-corrected chi connectivity index (χ3v) is 6.17. The Balaban J connectivity index is 1.65. The molecule has 1 heterocycles. The Labute approximate surface area is 204 Å². The van der Waals surface area contributed by atoms with Gasteiger partial charge in [-0.2, -0.15) is 0 Å². The molecule has 35 heavy (non-hydrogen) atoms. The minimum atomic E-state index is -0.924. The van der Waals surface area contributed by atoms with E-state index in [-0.39, 0.29) is 37.0 Å². The van der Waals surface area contributed by atoms with Crippen LogP contribution in [0.2, 0.25) is 0 Å². The SMILES string of the molecule is Cc1c(OCC(=O)N[C@@H](CC(C)C)C(=O)NCCCC(=O)O)ccc2c3c(c(=O)oc12)CCCC3. The highest BCUT2D eigenvalue weighted by molar-refractivity contribution is 5.89. The van der Waals surface area contributed by atoms with Crippen LogP contribution >= 0.6 is 0 Å². The highest BCUT2D eigenvalue weighted by Gasteiger charge is 2.23. The van der Waals surface area contributed by atoms with Crippen molar-refractivity contribution in [3.05, 3.63) is 39.2 Å². The summed E-state index contributed by atoms with van der Waals surface area (Å²) in [7, 11) is 0. The second-order valence-electron chi connectivity index (χ2n) is 9.45. The largest absolute Gasteiger partial charge is 0.483 e. The van der Waals surface area contributed by atoms with Crippen LogP contribution in [0.1, 0.15) is 62.6 Å². The third-order valence-electron chi connectivity index (χ3n) is 6.17. The summed E-state index contributed by atoms with van der Waals surface area (Å²) in [5.41, 5.74) is 2.62. The molecule has 2 amide bonds. The van der Waals surface area contributed by atoms with Crippen molar-refractivity contribution in [3.8, 4) is 5.75 Å². The number of benzene rings is 1. The molecular weight excluding hydrogens is 452 g/mol. The van der Waals surface area contributed by atoms with Crippen LogP contribution < -0.4 is 21.0 Å². The summed E-state index contributed by atoms with van der Waals surface area (Å²) in [6.45, 7) is 5.59. The van der Waals surface area contributed by atoms with Crippen LogP contribution in [0, 0.1) is 12.8 Å². The lowest BCUT2D eigenvalue weighted by Gasteiger charge is -2.21. The maximum absolute atomic E-state index is 12.6. The summed E-state index contributed by atoms with van der Waals surface area (Å²) in [5, 5.41) is 15.0. The van der Waals surface area contributed by atoms with Gasteiger partial charge in [-0.15, -0.1) is 0 Å². The summed E-state index contributed by atoms with van der Waals surface area (Å²) in [5.74, 6) is -1.15. The first-order valence-corrected chi connectivity index (χ1v) is 12.2. The van der Waals surface area contributed by atoms with E-state index in [2.05, 4.69) is 10.6 Å². The van der Waals surface area contributed by atoms with Crippen LogP contribution in [-0.4, -0.2) is 42.1 Å². The smallest absolute Gasteiger partial charge is 0.339 e. The predicted octanol–water partition coefficient (Wildman–Crippen LogP) is 2.87. The van der Waals surface area contributed by atoms with Gasteiger partial charge in [-0.1, -0.05) is 13.8 Å². The van der Waals surface area contributed by atoms with Crippen molar-refractivity contribution in [2.75, 3.05) is 13.2 Å². The Morgan fingerprint density at radius 3 is 2.54 bits per heavy atom. The van der Waals surface area contributed by atoms with E-state index < -0.39 is 17.9 Å². The molecule has 3 N–H and O–H groups in total. The van der Waals surface area contributed by atoms with E-state index in [9.17, 15) is 19.2 Å². The molecule has 0 aliphatic heterocycles. The first-order chi connectivity index (χ1) is 16.7. The van der Waals surface area contributed by atoms with Gasteiger partial charge in [0.15, 0.2) is 6.61 Å². The zero-order chi connectivity index (χ0) is 25.5. The highest BCUT2D eigenvalue weighted by Crippen LogP contribution is 2.32. The van der Waals surface area contributed by atoms with E-state index in [4.69, 9.17) is 14.3 Å². The Kier molecular flexibility index (Phi) is 8.89. The van der Waals surface area contributed by atoms with Gasteiger partial charge in [-0.05, 0) is 69.1 Å². The number of amides is 2. The van der Waals surface area contributed by atoms with Gasteiger partial charge in [-0.3, -0.25) is 14.4 Å². The standard InChI is InChI=1S/C26H34N2O7/c1-15(2)13-20(25(32)27-12-6-9-23(30)31)28-22(29)14-34-21-11-10-18-17-7-4-5-8-19(17)26(33)35-24(18)16(21)3/h10-11,15,20H,4-9,12-14H2,1-3H3,(H,27,32)(H,28,29)(H,30,31)/t20-/m0/s1. The molecule has 0 fully saturated rings. The Morgan fingerprint density at radius 2 is 1.86 bits per heavy atom. The quantitative estimate of drug-likeness (QED) is 0.328. The Hall–Kier alpha value is -3.36. The van der Waals surface area contributed by atoms with Gasteiger partial charge in [0.05, 0.1) is 0 Å². The number of nitrogens with one attached hydrogen (secondary N) is 2. The second kappa shape index (κ2) is 11.9. The number of carbonyl (C=O) groups excluding carboxylic acids is 2. The van der Waals surface area contributed by atoms with Gasteiger partial charge in [0, 0.05) is 29.5 Å². The van der Waals surface area contributed by atoms with Crippen molar-refractivity contribution in [1.29, 1.82) is 0 Å². The van der Waals surface area contributed by atoms with E-state index >= 15 is 0 Å². The van der Waals surface area contributed by atoms with Gasteiger partial charge in [-0.25, -0.2) is 4.79 Å². The molecule has 0 saturated heterocycles. The average Bonchev–Trinajstić information content (AvgIpc) is 2.81. The van der Waals surface area contributed by atoms with Crippen molar-refractivity contribution < 1.29 is 28.6 Å². The van der Waals surface area contributed by atoms with Crippen LogP contribution in [0.3, 0.4) is 0 Å². The molecule has 9 heteroatoms. The molecule has 0 bridgehead atoms. The molecule has 190 valence electrons. The number of aliphatic carboxylic acids is 1. The normalized spacial score (nSPS) is 13.8. The minimum absolute atomic E-state index is 0.0383. The highest BCUT2D eigenvalue weighted by atomic mass is 16.5. The summed E-state index contributed by atoms with van der Waals surface area (Å²) in [4.78, 5) is 48.2. The number of hydrogen-bond acceptors (Lipinski definition) is 6. The molecular formula is C26H34N2O7. The molecule has 0 spiro atoms. The number of carboxylic acid groups (broad SMARTS) is 1. The number of rotatable bonds is 11. The van der Waals surface area contributed by atoms with Crippen molar-refractivity contribution in [3.63, 3.8) is 0 Å². The topological polar surface area (TPSA) is 135 Å². The van der Waals surface area contributed by atoms with Gasteiger partial charge in [0.25, 0.3) is 5.91 Å². The van der Waals surface area contributed by atoms with E-state index in [0.717, 1.165) is 42.2 Å². The number of fused-ring (bicyclic) bond motifs is 3. The van der Waals surface area contributed by atoms with Crippen LogP contribution in [0.15, 0.2) is 21.3 Å². The fraction of sp³-hybridized carbons (Fsp3) is 0.538. The summed E-state index contributed by atoms with van der Waals surface area (Å²) < 4.78 is 11.3. The zero-order valence-electron chi connectivity index (χ0n) is 20.6. The zero-order valence-corrected chi connectivity index (χ0v) is 20.6. The number of carboxylic acids is 1. The monoisotopic (exact) mass is 486 g/mol. The van der Waals surface area contributed by atoms with Gasteiger partial charge in [0.1, 0.15) is 17.4 Å². The Bertz CT molecular complexity index is 1150. The summed E-state index contributed by atoms with van der Waals surface area (Å²) in [6.07, 6.45) is 4.30. The van der Waals surface area contributed by atoms with Crippen molar-refractivity contribution >= 4 is 28.8 Å². The molecule has 1 aromatic carbocycles. The van der Waals surface area contributed by atoms with Crippen molar-refractivity contribution in [1.82, 2.24) is 10.6 Å². The molecule has 1 atom stereocenters.